The molecule has 1 aromatic carbocycles. The molecule has 0 aromatic heterocycles. The Hall–Kier alpha value is -0.810. The van der Waals surface area contributed by atoms with Crippen LogP contribution in [0.5, 0.6) is 0 Å². The van der Waals surface area contributed by atoms with Gasteiger partial charge in [0.2, 0.25) is 0 Å². The van der Waals surface area contributed by atoms with Gasteiger partial charge < -0.3 is 5.11 Å². The quantitative estimate of drug-likeness (QED) is 0.791. The van der Waals surface area contributed by atoms with Crippen molar-refractivity contribution < 1.29 is 22.7 Å². The molecule has 1 unspecified atom stereocenters. The highest BCUT2D eigenvalue weighted by Crippen LogP contribution is 2.24. The van der Waals surface area contributed by atoms with Gasteiger partial charge in [-0.15, -0.1) is 0 Å². The largest absolute Gasteiger partial charge is 0.414 e. The van der Waals surface area contributed by atoms with Crippen molar-refractivity contribution in [1.29, 1.82) is 0 Å². The predicted molar refractivity (Wildman–Crippen MR) is 47.2 cm³/mol. The fraction of sp³-hybridized carbons (Fsp3) is 0.333. The second-order valence-corrected chi connectivity index (χ2v) is 3.43. The lowest BCUT2D eigenvalue weighted by Crippen LogP contribution is -2.30. The van der Waals surface area contributed by atoms with Crippen LogP contribution in [0.3, 0.4) is 0 Å². The van der Waals surface area contributed by atoms with Crippen LogP contribution in [0.2, 0.25) is 5.02 Å². The normalized spacial score (nSPS) is 14.0. The summed E-state index contributed by atoms with van der Waals surface area (Å²) in [5.41, 5.74) is -0.218. The van der Waals surface area contributed by atoms with Crippen molar-refractivity contribution in [3.63, 3.8) is 0 Å². The first-order valence-electron chi connectivity index (χ1n) is 3.99. The average molecular weight is 243 g/mol. The van der Waals surface area contributed by atoms with Crippen LogP contribution in [0.25, 0.3) is 0 Å². The molecular formula is C9H7ClF4O. The maximum Gasteiger partial charge on any atom is 0.414 e. The maximum absolute atomic E-state index is 13.0. The third-order valence-corrected chi connectivity index (χ3v) is 2.04. The van der Waals surface area contributed by atoms with E-state index in [1.807, 2.05) is 0 Å². The highest BCUT2D eigenvalue weighted by atomic mass is 35.5. The molecule has 0 aliphatic rings. The molecule has 0 bridgehead atoms. The Morgan fingerprint density at radius 2 is 1.93 bits per heavy atom. The minimum absolute atomic E-state index is 0.0951. The summed E-state index contributed by atoms with van der Waals surface area (Å²) in [5.74, 6) is -0.856. The Balaban J connectivity index is 2.82. The van der Waals surface area contributed by atoms with Gasteiger partial charge in [-0.3, -0.25) is 0 Å². The highest BCUT2D eigenvalue weighted by Gasteiger charge is 2.38. The number of benzene rings is 1. The Kier molecular flexibility index (Phi) is 3.57. The standard InChI is InChI=1S/C9H7ClF4O/c10-6-2-1-5(7(11)4-6)3-8(15)9(12,13)14/h1-2,4,8,15H,3H2. The fourth-order valence-electron chi connectivity index (χ4n) is 1.01. The Morgan fingerprint density at radius 3 is 2.40 bits per heavy atom. The molecule has 0 aliphatic heterocycles. The van der Waals surface area contributed by atoms with Crippen LogP contribution in [0.15, 0.2) is 18.2 Å². The zero-order chi connectivity index (χ0) is 11.6. The zero-order valence-electron chi connectivity index (χ0n) is 7.35. The van der Waals surface area contributed by atoms with Gasteiger partial charge in [-0.1, -0.05) is 17.7 Å². The van der Waals surface area contributed by atoms with Crippen LogP contribution < -0.4 is 0 Å². The van der Waals surface area contributed by atoms with E-state index in [0.717, 1.165) is 12.1 Å². The van der Waals surface area contributed by atoms with E-state index in [9.17, 15) is 17.6 Å². The molecule has 0 amide bonds. The number of hydrogen-bond acceptors (Lipinski definition) is 1. The van der Waals surface area contributed by atoms with Gasteiger partial charge in [0.05, 0.1) is 0 Å². The number of hydrogen-bond donors (Lipinski definition) is 1. The van der Waals surface area contributed by atoms with Gasteiger partial charge >= 0.3 is 6.18 Å². The number of aliphatic hydroxyl groups is 1. The van der Waals surface area contributed by atoms with Gasteiger partial charge in [0.1, 0.15) is 5.82 Å². The van der Waals surface area contributed by atoms with Crippen molar-refractivity contribution in [2.75, 3.05) is 0 Å². The molecule has 0 aliphatic carbocycles. The molecule has 1 aromatic rings. The first-order valence-corrected chi connectivity index (χ1v) is 4.37. The molecule has 6 heteroatoms. The molecular weight excluding hydrogens is 236 g/mol. The summed E-state index contributed by atoms with van der Waals surface area (Å²) in [4.78, 5) is 0. The van der Waals surface area contributed by atoms with Crippen molar-refractivity contribution in [1.82, 2.24) is 0 Å². The Bertz CT molecular complexity index is 350. The van der Waals surface area contributed by atoms with Crippen LogP contribution in [0, 0.1) is 5.82 Å². The van der Waals surface area contributed by atoms with Crippen LogP contribution >= 0.6 is 11.6 Å². The molecule has 1 nitrogen and oxygen atoms in total. The average Bonchev–Trinajstić information content (AvgIpc) is 2.08. The van der Waals surface area contributed by atoms with E-state index >= 15 is 0 Å². The van der Waals surface area contributed by atoms with Crippen molar-refractivity contribution in [2.24, 2.45) is 0 Å². The minimum atomic E-state index is -4.74. The van der Waals surface area contributed by atoms with Crippen LogP contribution in [0.4, 0.5) is 17.6 Å². The summed E-state index contributed by atoms with van der Waals surface area (Å²) in [7, 11) is 0. The van der Waals surface area contributed by atoms with E-state index in [4.69, 9.17) is 16.7 Å². The lowest BCUT2D eigenvalue weighted by Gasteiger charge is -2.14. The summed E-state index contributed by atoms with van der Waals surface area (Å²) in [5, 5.41) is 8.80. The Morgan fingerprint density at radius 1 is 1.33 bits per heavy atom. The van der Waals surface area contributed by atoms with Gasteiger partial charge in [-0.2, -0.15) is 13.2 Å². The van der Waals surface area contributed by atoms with Gasteiger partial charge in [0.15, 0.2) is 6.10 Å². The van der Waals surface area contributed by atoms with E-state index in [1.165, 1.54) is 6.07 Å². The monoisotopic (exact) mass is 242 g/mol. The zero-order valence-corrected chi connectivity index (χ0v) is 8.11. The van der Waals surface area contributed by atoms with Gasteiger partial charge in [-0.05, 0) is 17.7 Å². The smallest absolute Gasteiger partial charge is 0.383 e. The fourth-order valence-corrected chi connectivity index (χ4v) is 1.17. The highest BCUT2D eigenvalue weighted by molar-refractivity contribution is 6.30. The summed E-state index contributed by atoms with van der Waals surface area (Å²) in [6.07, 6.45) is -8.12. The van der Waals surface area contributed by atoms with Crippen molar-refractivity contribution in [3.8, 4) is 0 Å². The number of alkyl halides is 3. The second kappa shape index (κ2) is 4.37. The molecule has 15 heavy (non-hydrogen) atoms. The molecule has 1 atom stereocenters. The van der Waals surface area contributed by atoms with E-state index in [0.29, 0.717) is 0 Å². The molecule has 0 fully saturated rings. The topological polar surface area (TPSA) is 20.2 Å². The molecule has 1 N–H and O–H groups in total. The number of aliphatic hydroxyl groups excluding tert-OH is 1. The SMILES string of the molecule is OC(Cc1ccc(Cl)cc1F)C(F)(F)F. The summed E-state index contributed by atoms with van der Waals surface area (Å²) in [6.45, 7) is 0. The van der Waals surface area contributed by atoms with Gasteiger partial charge in [0, 0.05) is 11.4 Å². The summed E-state index contributed by atoms with van der Waals surface area (Å²) >= 11 is 5.42. The van der Waals surface area contributed by atoms with Crippen molar-refractivity contribution in [3.05, 3.63) is 34.6 Å². The van der Waals surface area contributed by atoms with Gasteiger partial charge in [0.25, 0.3) is 0 Å². The molecule has 0 saturated heterocycles. The van der Waals surface area contributed by atoms with E-state index in [1.54, 1.807) is 0 Å². The van der Waals surface area contributed by atoms with Crippen LogP contribution in [-0.2, 0) is 6.42 Å². The van der Waals surface area contributed by atoms with E-state index in [2.05, 4.69) is 0 Å². The Labute approximate surface area is 88.3 Å². The molecule has 0 saturated carbocycles. The molecule has 0 radical (unpaired) electrons. The third-order valence-electron chi connectivity index (χ3n) is 1.81. The van der Waals surface area contributed by atoms with Crippen molar-refractivity contribution >= 4 is 11.6 Å². The van der Waals surface area contributed by atoms with Crippen molar-refractivity contribution in [2.45, 2.75) is 18.7 Å². The maximum atomic E-state index is 13.0. The summed E-state index contributed by atoms with van der Waals surface area (Å²) in [6, 6.07) is 3.29. The van der Waals surface area contributed by atoms with E-state index in [-0.39, 0.29) is 10.6 Å². The molecule has 0 heterocycles. The molecule has 0 spiro atoms. The first-order chi connectivity index (χ1) is 6.80. The van der Waals surface area contributed by atoms with Crippen LogP contribution in [0.1, 0.15) is 5.56 Å². The van der Waals surface area contributed by atoms with Gasteiger partial charge in [-0.25, -0.2) is 4.39 Å². The lowest BCUT2D eigenvalue weighted by molar-refractivity contribution is -0.203. The predicted octanol–water partition coefficient (Wildman–Crippen LogP) is 2.94. The molecule has 84 valence electrons. The lowest BCUT2D eigenvalue weighted by atomic mass is 10.1. The second-order valence-electron chi connectivity index (χ2n) is 3.00. The van der Waals surface area contributed by atoms with Crippen LogP contribution in [-0.4, -0.2) is 17.4 Å². The molecule has 1 rings (SSSR count). The van der Waals surface area contributed by atoms with E-state index < -0.39 is 24.5 Å². The third kappa shape index (κ3) is 3.35. The number of halogens is 5. The first kappa shape index (κ1) is 12.3. The number of rotatable bonds is 2. The minimum Gasteiger partial charge on any atom is -0.383 e. The summed E-state index contributed by atoms with van der Waals surface area (Å²) < 4.78 is 48.9.